The second-order valence-corrected chi connectivity index (χ2v) is 8.54. The van der Waals surface area contributed by atoms with E-state index in [0.29, 0.717) is 23.9 Å². The number of hydrogen-bond donors (Lipinski definition) is 0. The van der Waals surface area contributed by atoms with Crippen LogP contribution in [0.3, 0.4) is 0 Å². The number of nitrogens with zero attached hydrogens (tertiary/aromatic N) is 2. The third-order valence-corrected chi connectivity index (χ3v) is 7.51. The molecule has 2 saturated heterocycles. The van der Waals surface area contributed by atoms with Crippen LogP contribution in [-0.2, 0) is 19.1 Å². The maximum Gasteiger partial charge on any atom is 0.323 e. The van der Waals surface area contributed by atoms with E-state index >= 15 is 0 Å². The van der Waals surface area contributed by atoms with Crippen LogP contribution in [0.4, 0.5) is 0 Å². The standard InChI is InChI=1S/C20H32N2O4/c1-25-19(23)17-11-13-5-3-7-15(13)21(17)9-10-22-16-8-4-6-14(16)12-18(22)20(24)26-2/h13-18H,3-12H2,1-2H3/t13-,14-,15-,16-,17-,18-/m1/s1. The van der Waals surface area contributed by atoms with E-state index in [1.807, 2.05) is 0 Å². The molecule has 4 fully saturated rings. The lowest BCUT2D eigenvalue weighted by molar-refractivity contribution is -0.148. The minimum absolute atomic E-state index is 0.0934. The lowest BCUT2D eigenvalue weighted by Gasteiger charge is -2.33. The molecule has 2 aliphatic heterocycles. The van der Waals surface area contributed by atoms with Gasteiger partial charge in [0, 0.05) is 25.2 Å². The van der Waals surface area contributed by atoms with E-state index in [4.69, 9.17) is 9.47 Å². The van der Waals surface area contributed by atoms with Crippen LogP contribution in [0.1, 0.15) is 51.4 Å². The molecule has 2 aliphatic carbocycles. The maximum absolute atomic E-state index is 12.3. The Morgan fingerprint density at radius 2 is 1.19 bits per heavy atom. The Kier molecular flexibility index (Phi) is 5.24. The van der Waals surface area contributed by atoms with E-state index in [0.717, 1.165) is 25.9 Å². The van der Waals surface area contributed by atoms with Crippen LogP contribution in [-0.4, -0.2) is 73.2 Å². The lowest BCUT2D eigenvalue weighted by Crippen LogP contribution is -2.49. The Morgan fingerprint density at radius 1 is 0.769 bits per heavy atom. The summed E-state index contributed by atoms with van der Waals surface area (Å²) in [6, 6.07) is 0.818. The number of likely N-dealkylation sites (tertiary alicyclic amines) is 2. The second kappa shape index (κ2) is 7.47. The van der Waals surface area contributed by atoms with Crippen LogP contribution < -0.4 is 0 Å². The van der Waals surface area contributed by atoms with Crippen LogP contribution in [0, 0.1) is 11.8 Å². The Balaban J connectivity index is 1.46. The third kappa shape index (κ3) is 3.05. The van der Waals surface area contributed by atoms with E-state index in [1.165, 1.54) is 52.7 Å². The second-order valence-electron chi connectivity index (χ2n) is 8.54. The van der Waals surface area contributed by atoms with Crippen molar-refractivity contribution in [3.8, 4) is 0 Å². The van der Waals surface area contributed by atoms with Gasteiger partial charge in [-0.05, 0) is 50.4 Å². The Labute approximate surface area is 156 Å². The molecule has 2 saturated carbocycles. The third-order valence-electron chi connectivity index (χ3n) is 7.51. The van der Waals surface area contributed by atoms with Crippen molar-refractivity contribution in [1.82, 2.24) is 9.80 Å². The van der Waals surface area contributed by atoms with E-state index < -0.39 is 0 Å². The normalized spacial score (nSPS) is 39.8. The molecule has 26 heavy (non-hydrogen) atoms. The van der Waals surface area contributed by atoms with Crippen molar-refractivity contribution in [3.05, 3.63) is 0 Å². The summed E-state index contributed by atoms with van der Waals surface area (Å²) in [6.45, 7) is 1.69. The molecule has 0 N–H and O–H groups in total. The number of rotatable bonds is 5. The minimum Gasteiger partial charge on any atom is -0.468 e. The van der Waals surface area contributed by atoms with Gasteiger partial charge in [0.1, 0.15) is 12.1 Å². The number of hydrogen-bond acceptors (Lipinski definition) is 6. The molecule has 6 nitrogen and oxygen atoms in total. The van der Waals surface area contributed by atoms with Crippen molar-refractivity contribution < 1.29 is 19.1 Å². The van der Waals surface area contributed by atoms with Crippen molar-refractivity contribution in [2.24, 2.45) is 11.8 Å². The van der Waals surface area contributed by atoms with Crippen molar-refractivity contribution in [3.63, 3.8) is 0 Å². The van der Waals surface area contributed by atoms with E-state index in [9.17, 15) is 9.59 Å². The predicted molar refractivity (Wildman–Crippen MR) is 96.5 cm³/mol. The monoisotopic (exact) mass is 364 g/mol. The molecular weight excluding hydrogens is 332 g/mol. The van der Waals surface area contributed by atoms with Gasteiger partial charge < -0.3 is 9.47 Å². The first-order chi connectivity index (χ1) is 12.6. The fourth-order valence-electron chi connectivity index (χ4n) is 6.37. The first-order valence-corrected chi connectivity index (χ1v) is 10.3. The van der Waals surface area contributed by atoms with Gasteiger partial charge >= 0.3 is 11.9 Å². The molecule has 146 valence electrons. The molecule has 0 bridgehead atoms. The smallest absolute Gasteiger partial charge is 0.323 e. The molecule has 0 aromatic rings. The summed E-state index contributed by atoms with van der Waals surface area (Å²) in [5, 5.41) is 0. The van der Waals surface area contributed by atoms with Gasteiger partial charge in [0.25, 0.3) is 0 Å². The molecule has 6 atom stereocenters. The Hall–Kier alpha value is -1.14. The van der Waals surface area contributed by atoms with Crippen molar-refractivity contribution >= 4 is 11.9 Å². The number of carbonyl (C=O) groups is 2. The molecule has 0 aromatic heterocycles. The van der Waals surface area contributed by atoms with Gasteiger partial charge in [0.2, 0.25) is 0 Å². The van der Waals surface area contributed by atoms with Gasteiger partial charge in [-0.2, -0.15) is 0 Å². The van der Waals surface area contributed by atoms with Crippen LogP contribution in [0.15, 0.2) is 0 Å². The zero-order chi connectivity index (χ0) is 18.3. The maximum atomic E-state index is 12.3. The van der Waals surface area contributed by atoms with E-state index in [1.54, 1.807) is 0 Å². The Morgan fingerprint density at radius 3 is 1.58 bits per heavy atom. The Bertz CT molecular complexity index is 506. The van der Waals surface area contributed by atoms with Crippen molar-refractivity contribution in [2.45, 2.75) is 75.5 Å². The van der Waals surface area contributed by atoms with Gasteiger partial charge in [-0.1, -0.05) is 12.8 Å². The molecule has 0 radical (unpaired) electrons. The van der Waals surface area contributed by atoms with Crippen LogP contribution in [0.25, 0.3) is 0 Å². The number of esters is 2. The van der Waals surface area contributed by atoms with E-state index in [-0.39, 0.29) is 24.0 Å². The molecule has 0 aromatic carbocycles. The van der Waals surface area contributed by atoms with Crippen LogP contribution in [0.2, 0.25) is 0 Å². The molecule has 4 rings (SSSR count). The van der Waals surface area contributed by atoms with Gasteiger partial charge in [0.15, 0.2) is 0 Å². The molecule has 2 heterocycles. The molecule has 0 spiro atoms. The van der Waals surface area contributed by atoms with Crippen molar-refractivity contribution in [2.75, 3.05) is 27.3 Å². The molecule has 0 unspecified atom stereocenters. The van der Waals surface area contributed by atoms with Gasteiger partial charge in [0.05, 0.1) is 14.2 Å². The summed E-state index contributed by atoms with van der Waals surface area (Å²) in [6.07, 6.45) is 9.22. The van der Waals surface area contributed by atoms with Gasteiger partial charge in [-0.15, -0.1) is 0 Å². The summed E-state index contributed by atoms with van der Waals surface area (Å²) in [4.78, 5) is 29.4. The zero-order valence-corrected chi connectivity index (χ0v) is 16.1. The molecule has 6 heteroatoms. The highest BCUT2D eigenvalue weighted by Gasteiger charge is 2.49. The molecule has 0 amide bonds. The first-order valence-electron chi connectivity index (χ1n) is 10.3. The number of fused-ring (bicyclic) bond motifs is 2. The van der Waals surface area contributed by atoms with Gasteiger partial charge in [-0.25, -0.2) is 0 Å². The lowest BCUT2D eigenvalue weighted by atomic mass is 10.0. The predicted octanol–water partition coefficient (Wildman–Crippen LogP) is 1.82. The highest BCUT2D eigenvalue weighted by atomic mass is 16.5. The number of methoxy groups -OCH3 is 2. The fourth-order valence-corrected chi connectivity index (χ4v) is 6.37. The summed E-state index contributed by atoms with van der Waals surface area (Å²) in [5.74, 6) is 1.08. The fraction of sp³-hybridized carbons (Fsp3) is 0.900. The quantitative estimate of drug-likeness (QED) is 0.694. The van der Waals surface area contributed by atoms with Crippen LogP contribution >= 0.6 is 0 Å². The largest absolute Gasteiger partial charge is 0.468 e. The highest BCUT2D eigenvalue weighted by molar-refractivity contribution is 5.76. The zero-order valence-electron chi connectivity index (χ0n) is 16.1. The average molecular weight is 364 g/mol. The SMILES string of the molecule is COC(=O)[C@H]1C[C@H]2CCC[C@H]2N1CCN1[C@@H](C(=O)OC)C[C@H]2CCC[C@H]21. The van der Waals surface area contributed by atoms with E-state index in [2.05, 4.69) is 9.80 Å². The summed E-state index contributed by atoms with van der Waals surface area (Å²) in [7, 11) is 2.98. The molecule has 4 aliphatic rings. The molecular formula is C20H32N2O4. The topological polar surface area (TPSA) is 59.1 Å². The summed E-state index contributed by atoms with van der Waals surface area (Å²) >= 11 is 0. The summed E-state index contributed by atoms with van der Waals surface area (Å²) in [5.41, 5.74) is 0. The highest BCUT2D eigenvalue weighted by Crippen LogP contribution is 2.43. The van der Waals surface area contributed by atoms with Gasteiger partial charge in [-0.3, -0.25) is 19.4 Å². The minimum atomic E-state index is -0.103. The summed E-state index contributed by atoms with van der Waals surface area (Å²) < 4.78 is 10.2. The number of ether oxygens (including phenoxy) is 2. The number of carbonyl (C=O) groups excluding carboxylic acids is 2. The average Bonchev–Trinajstić information content (AvgIpc) is 3.39. The first kappa shape index (κ1) is 18.2. The van der Waals surface area contributed by atoms with Crippen molar-refractivity contribution in [1.29, 1.82) is 0 Å². The van der Waals surface area contributed by atoms with Crippen LogP contribution in [0.5, 0.6) is 0 Å².